The summed E-state index contributed by atoms with van der Waals surface area (Å²) >= 11 is 0. The van der Waals surface area contributed by atoms with E-state index in [0.29, 0.717) is 18.0 Å². The second kappa shape index (κ2) is 11.7. The standard InChI is InChI=1S/C13H25N3O.C8H14O/c1-15-11-8-7-10(12(11)14)13(17)16-9-5-3-2-4-6-9;9-7-8-5-3-1-2-4-6-8/h9-12,15H,2-8,14H2,1H3,(H,16,17);7-8H,1-6H2. The zero-order valence-corrected chi connectivity index (χ0v) is 16.6. The van der Waals surface area contributed by atoms with Crippen LogP contribution in [-0.2, 0) is 9.59 Å². The van der Waals surface area contributed by atoms with Crippen LogP contribution in [0.1, 0.15) is 83.5 Å². The van der Waals surface area contributed by atoms with E-state index in [1.54, 1.807) is 0 Å². The molecule has 5 nitrogen and oxygen atoms in total. The predicted octanol–water partition coefficient (Wildman–Crippen LogP) is 2.92. The molecule has 3 rings (SSSR count). The van der Waals surface area contributed by atoms with Gasteiger partial charge in [-0.2, -0.15) is 0 Å². The highest BCUT2D eigenvalue weighted by Gasteiger charge is 2.37. The summed E-state index contributed by atoms with van der Waals surface area (Å²) < 4.78 is 0. The summed E-state index contributed by atoms with van der Waals surface area (Å²) in [6.45, 7) is 0. The van der Waals surface area contributed by atoms with Crippen LogP contribution in [0.4, 0.5) is 0 Å². The average Bonchev–Trinajstić information content (AvgIpc) is 2.86. The molecule has 0 aromatic rings. The second-order valence-corrected chi connectivity index (χ2v) is 8.39. The molecule has 3 saturated carbocycles. The maximum atomic E-state index is 12.2. The van der Waals surface area contributed by atoms with Crippen LogP contribution >= 0.6 is 0 Å². The molecule has 0 radical (unpaired) electrons. The minimum absolute atomic E-state index is 0.00868. The molecule has 0 aliphatic heterocycles. The molecule has 0 aromatic heterocycles. The van der Waals surface area contributed by atoms with Gasteiger partial charge >= 0.3 is 0 Å². The number of hydrogen-bond acceptors (Lipinski definition) is 4. The second-order valence-electron chi connectivity index (χ2n) is 8.39. The molecule has 5 heteroatoms. The third kappa shape index (κ3) is 6.66. The zero-order chi connectivity index (χ0) is 18.8. The van der Waals surface area contributed by atoms with E-state index in [4.69, 9.17) is 5.73 Å². The van der Waals surface area contributed by atoms with Crippen molar-refractivity contribution in [2.24, 2.45) is 17.6 Å². The van der Waals surface area contributed by atoms with Gasteiger partial charge in [-0.05, 0) is 45.6 Å². The topological polar surface area (TPSA) is 84.2 Å². The van der Waals surface area contributed by atoms with Gasteiger partial charge in [-0.25, -0.2) is 0 Å². The lowest BCUT2D eigenvalue weighted by atomic mass is 9.94. The fourth-order valence-corrected chi connectivity index (χ4v) is 4.67. The SMILES string of the molecule is CNC1CCC(C(=O)NC2CCCCC2)C1N.O=CC1CCCCCC1. The van der Waals surface area contributed by atoms with Gasteiger partial charge in [0.25, 0.3) is 0 Å². The first-order valence-electron chi connectivity index (χ1n) is 10.8. The lowest BCUT2D eigenvalue weighted by Gasteiger charge is -2.26. The lowest BCUT2D eigenvalue weighted by Crippen LogP contribution is -2.49. The number of carbonyl (C=O) groups excluding carboxylic acids is 2. The van der Waals surface area contributed by atoms with E-state index < -0.39 is 0 Å². The molecule has 0 bridgehead atoms. The van der Waals surface area contributed by atoms with Gasteiger partial charge < -0.3 is 21.2 Å². The molecule has 0 heterocycles. The van der Waals surface area contributed by atoms with Crippen molar-refractivity contribution in [3.05, 3.63) is 0 Å². The Hall–Kier alpha value is -0.940. The minimum atomic E-state index is -0.0245. The van der Waals surface area contributed by atoms with Gasteiger partial charge in [0.1, 0.15) is 6.29 Å². The smallest absolute Gasteiger partial charge is 0.224 e. The monoisotopic (exact) mass is 365 g/mol. The Morgan fingerprint density at radius 2 is 1.46 bits per heavy atom. The van der Waals surface area contributed by atoms with Crippen molar-refractivity contribution < 1.29 is 9.59 Å². The molecule has 0 aromatic carbocycles. The number of rotatable bonds is 4. The molecule has 150 valence electrons. The molecule has 3 aliphatic carbocycles. The van der Waals surface area contributed by atoms with E-state index in [9.17, 15) is 9.59 Å². The van der Waals surface area contributed by atoms with Crippen LogP contribution in [0.25, 0.3) is 0 Å². The lowest BCUT2D eigenvalue weighted by molar-refractivity contribution is -0.126. The molecule has 0 spiro atoms. The summed E-state index contributed by atoms with van der Waals surface area (Å²) in [5.41, 5.74) is 6.12. The Morgan fingerprint density at radius 3 is 2.00 bits per heavy atom. The third-order valence-electron chi connectivity index (χ3n) is 6.47. The summed E-state index contributed by atoms with van der Waals surface area (Å²) in [6, 6.07) is 0.679. The summed E-state index contributed by atoms with van der Waals surface area (Å²) in [5.74, 6) is 0.587. The van der Waals surface area contributed by atoms with Crippen molar-refractivity contribution in [1.82, 2.24) is 10.6 Å². The Labute approximate surface area is 159 Å². The summed E-state index contributed by atoms with van der Waals surface area (Å²) in [7, 11) is 1.92. The predicted molar refractivity (Wildman–Crippen MR) is 106 cm³/mol. The first kappa shape index (κ1) is 21.4. The normalized spacial score (nSPS) is 30.8. The van der Waals surface area contributed by atoms with Crippen molar-refractivity contribution in [2.75, 3.05) is 7.05 Å². The van der Waals surface area contributed by atoms with Crippen LogP contribution < -0.4 is 16.4 Å². The highest BCUT2D eigenvalue weighted by Crippen LogP contribution is 2.26. The van der Waals surface area contributed by atoms with Crippen LogP contribution in [0.5, 0.6) is 0 Å². The van der Waals surface area contributed by atoms with Gasteiger partial charge in [-0.3, -0.25) is 4.79 Å². The Morgan fingerprint density at radius 1 is 0.885 bits per heavy atom. The quantitative estimate of drug-likeness (QED) is 0.528. The fraction of sp³-hybridized carbons (Fsp3) is 0.905. The van der Waals surface area contributed by atoms with E-state index in [0.717, 1.165) is 44.8 Å². The summed E-state index contributed by atoms with van der Waals surface area (Å²) in [4.78, 5) is 22.5. The molecule has 3 atom stereocenters. The van der Waals surface area contributed by atoms with Crippen molar-refractivity contribution >= 4 is 12.2 Å². The molecule has 1 amide bonds. The van der Waals surface area contributed by atoms with E-state index in [1.165, 1.54) is 44.9 Å². The van der Waals surface area contributed by atoms with Crippen molar-refractivity contribution in [3.8, 4) is 0 Å². The number of nitrogens with two attached hydrogens (primary N) is 1. The van der Waals surface area contributed by atoms with Crippen LogP contribution in [0.3, 0.4) is 0 Å². The first-order chi connectivity index (χ1) is 12.7. The van der Waals surface area contributed by atoms with Gasteiger partial charge in [0, 0.05) is 24.0 Å². The van der Waals surface area contributed by atoms with E-state index in [1.807, 2.05) is 7.05 Å². The average molecular weight is 366 g/mol. The fourth-order valence-electron chi connectivity index (χ4n) is 4.67. The number of amides is 1. The molecular weight excluding hydrogens is 326 g/mol. The Bertz CT molecular complexity index is 415. The van der Waals surface area contributed by atoms with Crippen LogP contribution in [-0.4, -0.2) is 37.4 Å². The van der Waals surface area contributed by atoms with Crippen LogP contribution in [0.2, 0.25) is 0 Å². The Kier molecular flexibility index (Phi) is 9.62. The third-order valence-corrected chi connectivity index (χ3v) is 6.47. The van der Waals surface area contributed by atoms with Gasteiger partial charge in [0.15, 0.2) is 0 Å². The highest BCUT2D eigenvalue weighted by molar-refractivity contribution is 5.80. The molecule has 4 N–H and O–H groups in total. The van der Waals surface area contributed by atoms with Crippen LogP contribution in [0, 0.1) is 11.8 Å². The molecule has 3 fully saturated rings. The highest BCUT2D eigenvalue weighted by atomic mass is 16.2. The zero-order valence-electron chi connectivity index (χ0n) is 16.6. The Balaban J connectivity index is 0.000000228. The number of aldehydes is 1. The van der Waals surface area contributed by atoms with Gasteiger partial charge in [0.05, 0.1) is 5.92 Å². The molecule has 26 heavy (non-hydrogen) atoms. The molecule has 3 unspecified atom stereocenters. The van der Waals surface area contributed by atoms with Gasteiger partial charge in [0.2, 0.25) is 5.91 Å². The van der Waals surface area contributed by atoms with E-state index in [2.05, 4.69) is 10.6 Å². The molecular formula is C21H39N3O2. The van der Waals surface area contributed by atoms with Crippen LogP contribution in [0.15, 0.2) is 0 Å². The van der Waals surface area contributed by atoms with Crippen molar-refractivity contribution in [3.63, 3.8) is 0 Å². The van der Waals surface area contributed by atoms with E-state index >= 15 is 0 Å². The summed E-state index contributed by atoms with van der Waals surface area (Å²) in [5, 5.41) is 6.39. The summed E-state index contributed by atoms with van der Waals surface area (Å²) in [6.07, 6.45) is 16.7. The van der Waals surface area contributed by atoms with Crippen molar-refractivity contribution in [2.45, 2.75) is 102 Å². The number of carbonyl (C=O) groups is 2. The van der Waals surface area contributed by atoms with Gasteiger partial charge in [-0.1, -0.05) is 44.9 Å². The first-order valence-corrected chi connectivity index (χ1v) is 10.8. The maximum absolute atomic E-state index is 12.2. The molecule has 0 saturated heterocycles. The minimum Gasteiger partial charge on any atom is -0.353 e. The molecule has 3 aliphatic rings. The maximum Gasteiger partial charge on any atom is 0.224 e. The largest absolute Gasteiger partial charge is 0.353 e. The van der Waals surface area contributed by atoms with Crippen molar-refractivity contribution in [1.29, 1.82) is 0 Å². The number of hydrogen-bond donors (Lipinski definition) is 3. The van der Waals surface area contributed by atoms with E-state index in [-0.39, 0.29) is 17.9 Å². The number of nitrogens with one attached hydrogen (secondary N) is 2. The number of likely N-dealkylation sites (N-methyl/N-ethyl adjacent to an activating group) is 1. The van der Waals surface area contributed by atoms with Gasteiger partial charge in [-0.15, -0.1) is 0 Å².